The van der Waals surface area contributed by atoms with Gasteiger partial charge in [0.25, 0.3) is 0 Å². The molecule has 1 saturated carbocycles. The molecule has 0 aromatic heterocycles. The van der Waals surface area contributed by atoms with E-state index in [9.17, 15) is 5.11 Å². The van der Waals surface area contributed by atoms with Crippen molar-refractivity contribution >= 4 is 35.6 Å². The fourth-order valence-corrected chi connectivity index (χ4v) is 2.23. The zero-order valence-electron chi connectivity index (χ0n) is 14.6. The first kappa shape index (κ1) is 21.2. The molecule has 24 heavy (non-hydrogen) atoms. The lowest BCUT2D eigenvalue weighted by atomic mass is 9.99. The van der Waals surface area contributed by atoms with Crippen LogP contribution in [-0.2, 0) is 4.74 Å². The molecule has 1 fully saturated rings. The van der Waals surface area contributed by atoms with Crippen LogP contribution in [0.4, 0.5) is 5.69 Å². The van der Waals surface area contributed by atoms with Crippen LogP contribution in [0.1, 0.15) is 44.6 Å². The topological polar surface area (TPSA) is 79.9 Å². The van der Waals surface area contributed by atoms with Crippen LogP contribution in [0.2, 0.25) is 0 Å². The van der Waals surface area contributed by atoms with Gasteiger partial charge in [0.2, 0.25) is 0 Å². The third-order valence-corrected chi connectivity index (χ3v) is 4.20. The average Bonchev–Trinajstić information content (AvgIpc) is 3.37. The number of rotatable bonds is 9. The molecule has 2 atom stereocenters. The van der Waals surface area contributed by atoms with Crippen molar-refractivity contribution in [2.45, 2.75) is 45.1 Å². The first-order chi connectivity index (χ1) is 11.1. The maximum Gasteiger partial charge on any atom is 0.193 e. The smallest absolute Gasteiger partial charge is 0.193 e. The second kappa shape index (κ2) is 10.9. The minimum absolute atomic E-state index is 0. The number of aliphatic imine (C=N–C) groups is 1. The predicted octanol–water partition coefficient (Wildman–Crippen LogP) is 3.33. The van der Waals surface area contributed by atoms with Crippen LogP contribution in [-0.4, -0.2) is 36.9 Å². The van der Waals surface area contributed by atoms with Gasteiger partial charge in [0.05, 0.1) is 19.3 Å². The SMILES string of the molecule is CCC(C)c1ccc(NC(N)=NCC(O)COCC2CC2)cc1.I. The Hall–Kier alpha value is -0.860. The lowest BCUT2D eigenvalue weighted by Gasteiger charge is -2.12. The average molecular weight is 447 g/mol. The number of hydrogen-bond donors (Lipinski definition) is 3. The second-order valence-corrected chi connectivity index (χ2v) is 6.42. The van der Waals surface area contributed by atoms with E-state index in [2.05, 4.69) is 36.3 Å². The number of nitrogens with two attached hydrogens (primary N) is 1. The molecular formula is C18H30IN3O2. The number of hydrogen-bond acceptors (Lipinski definition) is 3. The first-order valence-electron chi connectivity index (χ1n) is 8.51. The number of halogens is 1. The summed E-state index contributed by atoms with van der Waals surface area (Å²) in [6.45, 7) is 5.70. The van der Waals surface area contributed by atoms with Crippen molar-refractivity contribution in [3.05, 3.63) is 29.8 Å². The summed E-state index contributed by atoms with van der Waals surface area (Å²) in [6, 6.07) is 8.20. The lowest BCUT2D eigenvalue weighted by molar-refractivity contribution is 0.0369. The van der Waals surface area contributed by atoms with Gasteiger partial charge in [-0.05, 0) is 48.8 Å². The highest BCUT2D eigenvalue weighted by molar-refractivity contribution is 14.0. The molecule has 136 valence electrons. The first-order valence-corrected chi connectivity index (χ1v) is 8.51. The molecule has 0 aliphatic heterocycles. The number of anilines is 1. The molecule has 2 unspecified atom stereocenters. The van der Waals surface area contributed by atoms with Crippen molar-refractivity contribution < 1.29 is 9.84 Å². The van der Waals surface area contributed by atoms with Crippen molar-refractivity contribution in [2.75, 3.05) is 25.1 Å². The van der Waals surface area contributed by atoms with E-state index in [-0.39, 0.29) is 30.5 Å². The van der Waals surface area contributed by atoms with Gasteiger partial charge in [-0.2, -0.15) is 0 Å². The van der Waals surface area contributed by atoms with E-state index in [0.717, 1.165) is 18.7 Å². The Labute approximate surface area is 162 Å². The molecule has 0 radical (unpaired) electrons. The van der Waals surface area contributed by atoms with Crippen LogP contribution in [0.5, 0.6) is 0 Å². The molecule has 0 spiro atoms. The molecule has 2 rings (SSSR count). The van der Waals surface area contributed by atoms with E-state index in [1.165, 1.54) is 18.4 Å². The minimum Gasteiger partial charge on any atom is -0.389 e. The maximum absolute atomic E-state index is 9.81. The van der Waals surface area contributed by atoms with E-state index in [4.69, 9.17) is 10.5 Å². The number of ether oxygens (including phenoxy) is 1. The van der Waals surface area contributed by atoms with Gasteiger partial charge >= 0.3 is 0 Å². The fraction of sp³-hybridized carbons (Fsp3) is 0.611. The Kier molecular flexibility index (Phi) is 9.61. The summed E-state index contributed by atoms with van der Waals surface area (Å²) in [5.41, 5.74) is 8.07. The molecule has 0 saturated heterocycles. The standard InChI is InChI=1S/C18H29N3O2.HI/c1-3-13(2)15-6-8-16(9-7-15)21-18(19)20-10-17(22)12-23-11-14-4-5-14;/h6-9,13-14,17,22H,3-5,10-12H2,1-2H3,(H3,19,20,21);1H. The zero-order valence-corrected chi connectivity index (χ0v) is 16.9. The van der Waals surface area contributed by atoms with Crippen LogP contribution in [0.15, 0.2) is 29.3 Å². The van der Waals surface area contributed by atoms with Crippen LogP contribution in [0, 0.1) is 5.92 Å². The van der Waals surface area contributed by atoms with E-state index < -0.39 is 6.10 Å². The quantitative estimate of drug-likeness (QED) is 0.308. The van der Waals surface area contributed by atoms with Gasteiger partial charge in [0.15, 0.2) is 5.96 Å². The summed E-state index contributed by atoms with van der Waals surface area (Å²) in [5, 5.41) is 12.8. The highest BCUT2D eigenvalue weighted by atomic mass is 127. The van der Waals surface area contributed by atoms with E-state index in [1.54, 1.807) is 0 Å². The Bertz CT molecular complexity index is 503. The molecule has 0 heterocycles. The van der Waals surface area contributed by atoms with Crippen LogP contribution >= 0.6 is 24.0 Å². The summed E-state index contributed by atoms with van der Waals surface area (Å²) < 4.78 is 5.44. The summed E-state index contributed by atoms with van der Waals surface area (Å²) >= 11 is 0. The van der Waals surface area contributed by atoms with Gasteiger partial charge in [-0.1, -0.05) is 26.0 Å². The van der Waals surface area contributed by atoms with Gasteiger partial charge in [0, 0.05) is 12.3 Å². The fourth-order valence-electron chi connectivity index (χ4n) is 2.23. The van der Waals surface area contributed by atoms with Crippen molar-refractivity contribution in [3.8, 4) is 0 Å². The molecule has 1 aromatic rings. The highest BCUT2D eigenvalue weighted by Gasteiger charge is 2.21. The molecule has 1 aliphatic carbocycles. The van der Waals surface area contributed by atoms with E-state index in [1.807, 2.05) is 12.1 Å². The van der Waals surface area contributed by atoms with Crippen molar-refractivity contribution in [1.82, 2.24) is 0 Å². The monoisotopic (exact) mass is 447 g/mol. The number of guanidine groups is 1. The number of nitrogens with zero attached hydrogens (tertiary/aromatic N) is 1. The summed E-state index contributed by atoms with van der Waals surface area (Å²) in [7, 11) is 0. The minimum atomic E-state index is -0.609. The van der Waals surface area contributed by atoms with E-state index >= 15 is 0 Å². The lowest BCUT2D eigenvalue weighted by Crippen LogP contribution is -2.26. The molecular weight excluding hydrogens is 417 g/mol. The molecule has 6 heteroatoms. The van der Waals surface area contributed by atoms with Crippen molar-refractivity contribution in [3.63, 3.8) is 0 Å². The molecule has 5 nitrogen and oxygen atoms in total. The molecule has 4 N–H and O–H groups in total. The second-order valence-electron chi connectivity index (χ2n) is 6.42. The third-order valence-electron chi connectivity index (χ3n) is 4.20. The molecule has 1 aliphatic rings. The van der Waals surface area contributed by atoms with Crippen molar-refractivity contribution in [2.24, 2.45) is 16.6 Å². The van der Waals surface area contributed by atoms with Crippen LogP contribution < -0.4 is 11.1 Å². The maximum atomic E-state index is 9.81. The van der Waals surface area contributed by atoms with Crippen molar-refractivity contribution in [1.29, 1.82) is 0 Å². The summed E-state index contributed by atoms with van der Waals surface area (Å²) in [5.74, 6) is 1.57. The third kappa shape index (κ3) is 7.81. The Morgan fingerprint density at radius 3 is 2.62 bits per heavy atom. The molecule has 1 aromatic carbocycles. The van der Waals surface area contributed by atoms with Crippen LogP contribution in [0.3, 0.4) is 0 Å². The molecule has 0 amide bonds. The zero-order chi connectivity index (χ0) is 16.7. The number of aliphatic hydroxyl groups excluding tert-OH is 1. The Balaban J connectivity index is 0.00000288. The Morgan fingerprint density at radius 1 is 1.38 bits per heavy atom. The number of benzene rings is 1. The van der Waals surface area contributed by atoms with Gasteiger partial charge in [-0.25, -0.2) is 0 Å². The largest absolute Gasteiger partial charge is 0.389 e. The number of aliphatic hydroxyl groups is 1. The molecule has 0 bridgehead atoms. The normalized spacial score (nSPS) is 17.0. The van der Waals surface area contributed by atoms with Gasteiger partial charge in [0.1, 0.15) is 0 Å². The van der Waals surface area contributed by atoms with Gasteiger partial charge in [-0.15, -0.1) is 24.0 Å². The predicted molar refractivity (Wildman–Crippen MR) is 110 cm³/mol. The van der Waals surface area contributed by atoms with Gasteiger partial charge in [-0.3, -0.25) is 4.99 Å². The number of nitrogens with one attached hydrogen (secondary N) is 1. The Morgan fingerprint density at radius 2 is 2.04 bits per heavy atom. The summed E-state index contributed by atoms with van der Waals surface area (Å²) in [6.07, 6.45) is 3.01. The van der Waals surface area contributed by atoms with Gasteiger partial charge < -0.3 is 20.9 Å². The summed E-state index contributed by atoms with van der Waals surface area (Å²) in [4.78, 5) is 4.16. The van der Waals surface area contributed by atoms with E-state index in [0.29, 0.717) is 24.4 Å². The van der Waals surface area contributed by atoms with Crippen LogP contribution in [0.25, 0.3) is 0 Å². The highest BCUT2D eigenvalue weighted by Crippen LogP contribution is 2.28.